The van der Waals surface area contributed by atoms with Gasteiger partial charge in [0.1, 0.15) is 6.79 Å². The highest BCUT2D eigenvalue weighted by atomic mass is 19.4. The average molecular weight is 1200 g/mol. The second-order valence-corrected chi connectivity index (χ2v) is 21.8. The highest BCUT2D eigenvalue weighted by Gasteiger charge is 2.73. The molecule has 85 heavy (non-hydrogen) atoms. The number of methoxy groups -OCH3 is 1. The molecule has 2 heterocycles. The Kier molecular flexibility index (Phi) is 22.6. The molecule has 1 fully saturated rings. The van der Waals surface area contributed by atoms with Crippen LogP contribution in [0.1, 0.15) is 149 Å². The van der Waals surface area contributed by atoms with E-state index < -0.39 is 71.9 Å². The Labute approximate surface area is 489 Å². The Morgan fingerprint density at radius 1 is 0.553 bits per heavy atom. The molecule has 0 atom stereocenters. The average Bonchev–Trinajstić information content (AvgIpc) is 3.18. The number of ether oxygens (including phenoxy) is 2. The smallest absolute Gasteiger partial charge is 0.399 e. The first-order chi connectivity index (χ1) is 39.3. The Morgan fingerprint density at radius 3 is 1.32 bits per heavy atom. The molecule has 21 heteroatoms. The standard InChI is InChI=1S/C32H39BF6O4.C31H31F6NO.CO2/c1-10-29(11-2,25-14-15-26(22(4)19-25)33-42-27(5,6)28(7,8)43-33)24-13-12-23(21(3)18-24)16-17-30(31(34,35)36,32(37,38)39)41-20-40-9;1-6-22-17-24(19-38-18-22)27-12-11-26(16-21(27)5)28(7-2,8-3)25-10-9-23(20(4)15-25)13-14-29(39,30(32,33)34)31(35,36)37;2-1-3/h12-15,18-19H,10-11,20H2,1-9H3;9-12,15-19,39H,6-8H2,1-5H3;. The number of hydrogen-bond acceptors (Lipinski definition) is 8. The molecule has 1 aromatic heterocycles. The van der Waals surface area contributed by atoms with Crippen LogP contribution in [0.5, 0.6) is 0 Å². The van der Waals surface area contributed by atoms with Crippen molar-refractivity contribution in [2.24, 2.45) is 0 Å². The van der Waals surface area contributed by atoms with Gasteiger partial charge < -0.3 is 23.9 Å². The van der Waals surface area contributed by atoms with Crippen LogP contribution in [0.3, 0.4) is 0 Å². The van der Waals surface area contributed by atoms with Crippen molar-refractivity contribution in [1.29, 1.82) is 0 Å². The number of aliphatic hydroxyl groups is 1. The number of alkyl halides is 12. The van der Waals surface area contributed by atoms with Crippen LogP contribution >= 0.6 is 0 Å². The number of rotatable bonds is 14. The third-order valence-electron chi connectivity index (χ3n) is 16.4. The summed E-state index contributed by atoms with van der Waals surface area (Å²) in [5, 5.41) is 9.38. The summed E-state index contributed by atoms with van der Waals surface area (Å²) in [6.07, 6.45) is -16.1. The minimum atomic E-state index is -6.00. The van der Waals surface area contributed by atoms with E-state index in [9.17, 15) is 57.8 Å². The maximum absolute atomic E-state index is 13.7. The van der Waals surface area contributed by atoms with Crippen LogP contribution in [0.15, 0.2) is 91.3 Å². The van der Waals surface area contributed by atoms with Gasteiger partial charge in [0.25, 0.3) is 0 Å². The van der Waals surface area contributed by atoms with E-state index in [0.717, 1.165) is 75.0 Å². The molecular weight excluding hydrogens is 1130 g/mol. The van der Waals surface area contributed by atoms with Crippen LogP contribution in [-0.4, -0.2) is 84.4 Å². The first kappa shape index (κ1) is 71.0. The van der Waals surface area contributed by atoms with E-state index in [2.05, 4.69) is 57.6 Å². The summed E-state index contributed by atoms with van der Waals surface area (Å²) in [7, 11) is 0.402. The van der Waals surface area contributed by atoms with Gasteiger partial charge >= 0.3 is 49.2 Å². The summed E-state index contributed by atoms with van der Waals surface area (Å²) in [6, 6.07) is 24.2. The topological polar surface area (TPSA) is 104 Å². The molecule has 0 aliphatic carbocycles. The number of hydrogen-bond donors (Lipinski definition) is 1. The molecule has 8 nitrogen and oxygen atoms in total. The maximum atomic E-state index is 13.7. The van der Waals surface area contributed by atoms with E-state index in [-0.39, 0.29) is 17.3 Å². The zero-order valence-corrected chi connectivity index (χ0v) is 49.9. The molecule has 1 saturated heterocycles. The fraction of sp³-hybridized carbons (Fsp3) is 0.469. The monoisotopic (exact) mass is 1200 g/mol. The predicted octanol–water partition coefficient (Wildman–Crippen LogP) is 15.2. The number of aryl methyl sites for hydroxylation is 5. The Balaban J connectivity index is 0.000000350. The minimum absolute atomic E-state index is 0.0241. The van der Waals surface area contributed by atoms with Crippen LogP contribution < -0.4 is 5.46 Å². The fourth-order valence-electron chi connectivity index (χ4n) is 10.3. The van der Waals surface area contributed by atoms with E-state index in [0.29, 0.717) is 36.8 Å². The van der Waals surface area contributed by atoms with Gasteiger partial charge in [0.05, 0.1) is 11.2 Å². The Morgan fingerprint density at radius 2 is 0.953 bits per heavy atom. The van der Waals surface area contributed by atoms with Gasteiger partial charge in [0.2, 0.25) is 0 Å². The first-order valence-corrected chi connectivity index (χ1v) is 27.2. The molecule has 0 radical (unpaired) electrons. The highest BCUT2D eigenvalue weighted by Crippen LogP contribution is 2.48. The minimum Gasteiger partial charge on any atom is -0.399 e. The molecule has 4 aromatic carbocycles. The van der Waals surface area contributed by atoms with Crippen molar-refractivity contribution >= 4 is 18.7 Å². The lowest BCUT2D eigenvalue weighted by atomic mass is 9.68. The molecule has 0 saturated carbocycles. The number of nitrogens with zero attached hydrogens (tertiary/aromatic N) is 1. The SMILES string of the molecule is CCC(CC)(c1ccc(C#CC(OCOC)(C(F)(F)F)C(F)(F)F)c(C)c1)c1ccc(B2OC(C)(C)C(C)(C)O2)c(C)c1.CCc1cncc(-c2ccc(C(CC)(CC)c3ccc(C#CC(O)(C(F)(F)F)C(F)(F)F)c(C)c3)cc2C)c1.O=C=O. The van der Waals surface area contributed by atoms with E-state index in [1.165, 1.54) is 18.1 Å². The van der Waals surface area contributed by atoms with Crippen molar-refractivity contribution in [3.05, 3.63) is 152 Å². The molecular formula is C64H70BF12NO7. The Bertz CT molecular complexity index is 3250. The molecule has 1 aliphatic heterocycles. The predicted molar refractivity (Wildman–Crippen MR) is 299 cm³/mol. The van der Waals surface area contributed by atoms with E-state index in [1.807, 2.05) is 99.7 Å². The van der Waals surface area contributed by atoms with Crippen molar-refractivity contribution in [3.63, 3.8) is 0 Å². The zero-order chi connectivity index (χ0) is 64.6. The third-order valence-corrected chi connectivity index (χ3v) is 16.4. The zero-order valence-electron chi connectivity index (χ0n) is 49.9. The molecule has 1 N–H and O–H groups in total. The lowest BCUT2D eigenvalue weighted by molar-refractivity contribution is -0.368. The van der Waals surface area contributed by atoms with Crippen LogP contribution in [0, 0.1) is 51.4 Å². The highest BCUT2D eigenvalue weighted by molar-refractivity contribution is 6.62. The Hall–Kier alpha value is -6.45. The van der Waals surface area contributed by atoms with E-state index in [4.69, 9.17) is 18.9 Å². The van der Waals surface area contributed by atoms with Crippen LogP contribution in [0.25, 0.3) is 11.1 Å². The van der Waals surface area contributed by atoms with Gasteiger partial charge in [-0.1, -0.05) is 113 Å². The third kappa shape index (κ3) is 14.7. The molecule has 0 bridgehead atoms. The van der Waals surface area contributed by atoms with Crippen molar-refractivity contribution in [3.8, 4) is 34.8 Å². The van der Waals surface area contributed by atoms with Crippen molar-refractivity contribution < 1.29 is 86.2 Å². The molecule has 6 rings (SSSR count). The van der Waals surface area contributed by atoms with Crippen molar-refractivity contribution in [2.45, 2.75) is 180 Å². The van der Waals surface area contributed by atoms with Gasteiger partial charge in [-0.15, -0.1) is 0 Å². The number of pyridine rings is 1. The first-order valence-electron chi connectivity index (χ1n) is 27.2. The summed E-state index contributed by atoms with van der Waals surface area (Å²) in [6.45, 7) is 24.1. The molecule has 460 valence electrons. The number of carbonyl (C=O) groups excluding carboxylic acids is 2. The van der Waals surface area contributed by atoms with Gasteiger partial charge in [-0.2, -0.15) is 62.3 Å². The quantitative estimate of drug-likeness (QED) is 0.0507. The molecule has 0 amide bonds. The second-order valence-electron chi connectivity index (χ2n) is 21.8. The lowest BCUT2D eigenvalue weighted by Gasteiger charge is -2.34. The molecule has 1 aliphatic rings. The fourth-order valence-corrected chi connectivity index (χ4v) is 10.3. The van der Waals surface area contributed by atoms with E-state index >= 15 is 0 Å². The number of benzene rings is 4. The summed E-state index contributed by atoms with van der Waals surface area (Å²) in [5.41, 5.74) is -0.871. The largest absolute Gasteiger partial charge is 0.495 e. The van der Waals surface area contributed by atoms with Gasteiger partial charge in [0.15, 0.2) is 0 Å². The molecule has 0 spiro atoms. The normalized spacial score (nSPS) is 14.6. The van der Waals surface area contributed by atoms with E-state index in [1.54, 1.807) is 38.1 Å². The molecule has 0 unspecified atom stereocenters. The van der Waals surface area contributed by atoms with Crippen molar-refractivity contribution in [2.75, 3.05) is 13.9 Å². The van der Waals surface area contributed by atoms with Crippen LogP contribution in [-0.2, 0) is 45.6 Å². The van der Waals surface area contributed by atoms with Crippen LogP contribution in [0.2, 0.25) is 0 Å². The van der Waals surface area contributed by atoms with Gasteiger partial charge in [-0.3, -0.25) is 4.98 Å². The summed E-state index contributed by atoms with van der Waals surface area (Å²) < 4.78 is 181. The van der Waals surface area contributed by atoms with Gasteiger partial charge in [0, 0.05) is 47.0 Å². The molecule has 5 aromatic rings. The van der Waals surface area contributed by atoms with Crippen LogP contribution in [0.4, 0.5) is 52.7 Å². The summed E-state index contributed by atoms with van der Waals surface area (Å²) >= 11 is 0. The van der Waals surface area contributed by atoms with Gasteiger partial charge in [-0.25, -0.2) is 0 Å². The van der Waals surface area contributed by atoms with Gasteiger partial charge in [-0.05, 0) is 173 Å². The second kappa shape index (κ2) is 27.1. The van der Waals surface area contributed by atoms with Crippen molar-refractivity contribution in [1.82, 2.24) is 4.98 Å². The number of halogens is 12. The lowest BCUT2D eigenvalue weighted by Crippen LogP contribution is -2.58. The number of aromatic nitrogens is 1. The summed E-state index contributed by atoms with van der Waals surface area (Å²) in [4.78, 5) is 20.6. The maximum Gasteiger partial charge on any atom is 0.495 e. The summed E-state index contributed by atoms with van der Waals surface area (Å²) in [5.74, 6) is 6.40.